The largest absolute Gasteiger partial charge is 0.370 e. The second kappa shape index (κ2) is 6.97. The first-order valence-electron chi connectivity index (χ1n) is 9.70. The lowest BCUT2D eigenvalue weighted by atomic mass is 10.1. The number of imidazole rings is 1. The lowest BCUT2D eigenvalue weighted by Crippen LogP contribution is -2.29. The molecule has 1 saturated heterocycles. The van der Waals surface area contributed by atoms with Crippen molar-refractivity contribution in [3.63, 3.8) is 0 Å². The number of anilines is 3. The maximum absolute atomic E-state index is 14.4. The number of likely N-dealkylation sites (N-methyl/N-ethyl adjacent to an activating group) is 1. The molecule has 1 fully saturated rings. The topological polar surface area (TPSA) is 70.4 Å². The van der Waals surface area contributed by atoms with Crippen LogP contribution in [0.25, 0.3) is 16.6 Å². The minimum Gasteiger partial charge on any atom is -0.370 e. The number of hydrogen-bond acceptors (Lipinski definition) is 6. The van der Waals surface area contributed by atoms with E-state index in [2.05, 4.69) is 42.8 Å². The third kappa shape index (κ3) is 3.25. The summed E-state index contributed by atoms with van der Waals surface area (Å²) in [5, 5.41) is 16.0. The Hall–Kier alpha value is -3.26. The van der Waals surface area contributed by atoms with E-state index in [0.29, 0.717) is 17.4 Å². The third-order valence-corrected chi connectivity index (χ3v) is 5.49. The normalized spacial score (nSPS) is 16.8. The fourth-order valence-corrected chi connectivity index (χ4v) is 3.98. The number of nitrogens with one attached hydrogen (secondary N) is 2. The number of nitrogens with zero attached hydrogens (tertiary/aromatic N) is 5. The molecular formula is C21H22FN7. The van der Waals surface area contributed by atoms with E-state index in [4.69, 9.17) is 0 Å². The molecule has 3 aromatic heterocycles. The predicted octanol–water partition coefficient (Wildman–Crippen LogP) is 3.27. The molecule has 1 aromatic carbocycles. The van der Waals surface area contributed by atoms with Gasteiger partial charge in [0.25, 0.3) is 0 Å². The predicted molar refractivity (Wildman–Crippen MR) is 112 cm³/mol. The van der Waals surface area contributed by atoms with Crippen molar-refractivity contribution in [2.24, 2.45) is 0 Å². The molecule has 29 heavy (non-hydrogen) atoms. The van der Waals surface area contributed by atoms with Crippen molar-refractivity contribution in [1.29, 1.82) is 0 Å². The maximum atomic E-state index is 14.4. The zero-order chi connectivity index (χ0) is 20.0. The van der Waals surface area contributed by atoms with Crippen LogP contribution in [0.4, 0.5) is 21.5 Å². The zero-order valence-electron chi connectivity index (χ0n) is 16.4. The molecule has 1 atom stereocenters. The number of aryl methyl sites for hydroxylation is 1. The van der Waals surface area contributed by atoms with E-state index in [1.54, 1.807) is 16.8 Å². The Labute approximate surface area is 167 Å². The van der Waals surface area contributed by atoms with E-state index >= 15 is 0 Å². The van der Waals surface area contributed by atoms with Crippen molar-refractivity contribution in [2.75, 3.05) is 30.4 Å². The van der Waals surface area contributed by atoms with Gasteiger partial charge in [0.1, 0.15) is 0 Å². The van der Waals surface area contributed by atoms with Gasteiger partial charge in [0.05, 0.1) is 28.8 Å². The van der Waals surface area contributed by atoms with Gasteiger partial charge in [-0.05, 0) is 38.6 Å². The van der Waals surface area contributed by atoms with E-state index in [1.165, 1.54) is 6.07 Å². The van der Waals surface area contributed by atoms with Crippen LogP contribution in [0.15, 0.2) is 42.9 Å². The van der Waals surface area contributed by atoms with Crippen molar-refractivity contribution >= 4 is 33.6 Å². The van der Waals surface area contributed by atoms with Crippen LogP contribution in [-0.2, 0) is 0 Å². The Kier molecular flexibility index (Phi) is 4.28. The van der Waals surface area contributed by atoms with Crippen LogP contribution in [0, 0.1) is 12.7 Å². The van der Waals surface area contributed by atoms with Gasteiger partial charge in [-0.15, -0.1) is 0 Å². The van der Waals surface area contributed by atoms with Gasteiger partial charge < -0.3 is 19.9 Å². The molecule has 0 radical (unpaired) electrons. The molecule has 8 heteroatoms. The van der Waals surface area contributed by atoms with E-state index in [-0.39, 0.29) is 5.82 Å². The van der Waals surface area contributed by atoms with Gasteiger partial charge in [0.2, 0.25) is 0 Å². The van der Waals surface area contributed by atoms with Crippen molar-refractivity contribution in [3.8, 4) is 0 Å². The highest BCUT2D eigenvalue weighted by Gasteiger charge is 2.21. The number of benzene rings is 1. The van der Waals surface area contributed by atoms with Crippen LogP contribution in [0.1, 0.15) is 12.1 Å². The highest BCUT2D eigenvalue weighted by atomic mass is 19.1. The van der Waals surface area contributed by atoms with Crippen molar-refractivity contribution in [3.05, 3.63) is 54.4 Å². The molecule has 0 amide bonds. The minimum atomic E-state index is -0.371. The maximum Gasteiger partial charge on any atom is 0.173 e. The Morgan fingerprint density at radius 1 is 1.21 bits per heavy atom. The lowest BCUT2D eigenvalue weighted by Gasteiger charge is -2.19. The number of fused-ring (bicyclic) bond motifs is 2. The van der Waals surface area contributed by atoms with Gasteiger partial charge in [-0.2, -0.15) is 10.2 Å². The van der Waals surface area contributed by atoms with Crippen LogP contribution >= 0.6 is 0 Å². The quantitative estimate of drug-likeness (QED) is 0.556. The van der Waals surface area contributed by atoms with E-state index < -0.39 is 0 Å². The first kappa shape index (κ1) is 17.8. The zero-order valence-corrected chi connectivity index (χ0v) is 16.4. The molecule has 0 aliphatic carbocycles. The smallest absolute Gasteiger partial charge is 0.173 e. The molecule has 4 aromatic rings. The number of aromatic nitrogens is 4. The van der Waals surface area contributed by atoms with Crippen LogP contribution in [0.3, 0.4) is 0 Å². The van der Waals surface area contributed by atoms with Crippen LogP contribution in [0.5, 0.6) is 0 Å². The lowest BCUT2D eigenvalue weighted by molar-refractivity contribution is 0.617. The van der Waals surface area contributed by atoms with Crippen molar-refractivity contribution in [2.45, 2.75) is 19.4 Å². The number of pyridine rings is 1. The Morgan fingerprint density at radius 2 is 2.10 bits per heavy atom. The van der Waals surface area contributed by atoms with Crippen LogP contribution in [-0.4, -0.2) is 45.8 Å². The van der Waals surface area contributed by atoms with Gasteiger partial charge in [-0.25, -0.2) is 9.37 Å². The summed E-state index contributed by atoms with van der Waals surface area (Å²) >= 11 is 0. The van der Waals surface area contributed by atoms with Crippen LogP contribution < -0.4 is 15.5 Å². The molecule has 0 saturated carbocycles. The number of halogens is 1. The summed E-state index contributed by atoms with van der Waals surface area (Å²) in [5.41, 5.74) is 4.45. The average Bonchev–Trinajstić information content (AvgIpc) is 3.34. The molecule has 148 valence electrons. The third-order valence-electron chi connectivity index (χ3n) is 5.49. The van der Waals surface area contributed by atoms with Gasteiger partial charge in [0, 0.05) is 48.7 Å². The molecule has 7 nitrogen and oxygen atoms in total. The fraction of sp³-hybridized carbons (Fsp3) is 0.286. The highest BCUT2D eigenvalue weighted by molar-refractivity contribution is 5.94. The highest BCUT2D eigenvalue weighted by Crippen LogP contribution is 2.29. The van der Waals surface area contributed by atoms with Gasteiger partial charge in [-0.1, -0.05) is 0 Å². The molecule has 0 spiro atoms. The molecule has 5 rings (SSSR count). The summed E-state index contributed by atoms with van der Waals surface area (Å²) < 4.78 is 16.1. The first-order chi connectivity index (χ1) is 14.1. The van der Waals surface area contributed by atoms with E-state index in [1.807, 2.05) is 26.2 Å². The van der Waals surface area contributed by atoms with Gasteiger partial charge in [-0.3, -0.25) is 0 Å². The minimum absolute atomic E-state index is 0.320. The standard InChI is InChI=1S/C21H22FN7/c1-13-10-29-12-15(7-18(22)21(29)25-13)26-20-9-24-27-19-8-16(3-4-17(19)20)28-6-5-14(11-28)23-2/h3-4,7-10,12,14,23H,5-6,11H2,1-2H3,(H,26,27). The molecule has 0 bridgehead atoms. The fourth-order valence-electron chi connectivity index (χ4n) is 3.98. The molecular weight excluding hydrogens is 369 g/mol. The van der Waals surface area contributed by atoms with E-state index in [0.717, 1.165) is 47.5 Å². The Morgan fingerprint density at radius 3 is 2.93 bits per heavy atom. The number of hydrogen-bond donors (Lipinski definition) is 2. The SMILES string of the molecule is CNC1CCN(c2ccc3c(Nc4cc(F)c5nc(C)cn5c4)cnnc3c2)C1. The van der Waals surface area contributed by atoms with Gasteiger partial charge in [0.15, 0.2) is 11.5 Å². The van der Waals surface area contributed by atoms with E-state index in [9.17, 15) is 4.39 Å². The summed E-state index contributed by atoms with van der Waals surface area (Å²) in [5.74, 6) is -0.371. The first-order valence-corrected chi connectivity index (χ1v) is 9.70. The summed E-state index contributed by atoms with van der Waals surface area (Å²) in [6.07, 6.45) is 6.41. The molecule has 4 heterocycles. The number of rotatable bonds is 4. The Balaban J connectivity index is 1.48. The van der Waals surface area contributed by atoms with Crippen LogP contribution in [0.2, 0.25) is 0 Å². The van der Waals surface area contributed by atoms with Gasteiger partial charge >= 0.3 is 0 Å². The Bertz CT molecular complexity index is 1200. The second-order valence-electron chi connectivity index (χ2n) is 7.49. The monoisotopic (exact) mass is 391 g/mol. The molecule has 1 unspecified atom stereocenters. The molecule has 2 N–H and O–H groups in total. The molecule has 1 aliphatic heterocycles. The summed E-state index contributed by atoms with van der Waals surface area (Å²) in [7, 11) is 2.00. The summed E-state index contributed by atoms with van der Waals surface area (Å²) in [6, 6.07) is 8.18. The van der Waals surface area contributed by atoms with Crippen molar-refractivity contribution < 1.29 is 4.39 Å². The van der Waals surface area contributed by atoms with Crippen molar-refractivity contribution in [1.82, 2.24) is 24.9 Å². The summed E-state index contributed by atoms with van der Waals surface area (Å²) in [6.45, 7) is 3.85. The molecule has 1 aliphatic rings. The average molecular weight is 391 g/mol. The second-order valence-corrected chi connectivity index (χ2v) is 7.49. The summed E-state index contributed by atoms with van der Waals surface area (Å²) in [4.78, 5) is 6.55.